The smallest absolute Gasteiger partial charge is 0.159 e. The molecule has 0 aliphatic rings. The Morgan fingerprint density at radius 2 is 2.00 bits per heavy atom. The second-order valence-corrected chi connectivity index (χ2v) is 4.49. The molecule has 0 aliphatic carbocycles. The van der Waals surface area contributed by atoms with E-state index in [1.54, 1.807) is 13.2 Å². The average Bonchev–Trinajstić information content (AvgIpc) is 2.34. The Hall–Kier alpha value is -1.00. The molecule has 0 fully saturated rings. The lowest BCUT2D eigenvalue weighted by Crippen LogP contribution is -2.34. The van der Waals surface area contributed by atoms with Crippen LogP contribution in [-0.4, -0.2) is 25.8 Å². The number of methoxy groups -OCH3 is 1. The Bertz CT molecular complexity index is 371. The minimum absolute atomic E-state index is 0.138. The molecule has 1 rings (SSSR count). The largest absolute Gasteiger partial charge is 0.382 e. The van der Waals surface area contributed by atoms with Crippen molar-refractivity contribution < 1.29 is 13.5 Å². The van der Waals surface area contributed by atoms with E-state index in [0.29, 0.717) is 6.42 Å². The van der Waals surface area contributed by atoms with Crippen LogP contribution in [0.4, 0.5) is 8.78 Å². The Balaban J connectivity index is 2.66. The highest BCUT2D eigenvalue weighted by Gasteiger charge is 2.13. The summed E-state index contributed by atoms with van der Waals surface area (Å²) in [5, 5.41) is 3.33. The minimum atomic E-state index is -0.802. The molecule has 0 aliphatic heterocycles. The number of likely N-dealkylation sites (N-methyl/N-ethyl adjacent to an activating group) is 1. The predicted octanol–water partition coefficient (Wildman–Crippen LogP) is 2.91. The third-order valence-electron chi connectivity index (χ3n) is 2.98. The summed E-state index contributed by atoms with van der Waals surface area (Å²) >= 11 is 0. The summed E-state index contributed by atoms with van der Waals surface area (Å²) in [6.45, 7) is 4.86. The number of hydrogen-bond donors (Lipinski definition) is 1. The summed E-state index contributed by atoms with van der Waals surface area (Å²) in [6, 6.07) is 4.26. The standard InChI is InChI=1S/C14H21F2NO/c1-4-17-12(7-10(2)18-3)8-11-5-6-13(15)14(16)9-11/h5-6,9-10,12,17H,4,7-8H2,1-3H3. The molecule has 2 nitrogen and oxygen atoms in total. The lowest BCUT2D eigenvalue weighted by atomic mass is 10.0. The number of rotatable bonds is 7. The van der Waals surface area contributed by atoms with E-state index in [-0.39, 0.29) is 12.1 Å². The first kappa shape index (κ1) is 15.1. The van der Waals surface area contributed by atoms with E-state index >= 15 is 0 Å². The summed E-state index contributed by atoms with van der Waals surface area (Å²) < 4.78 is 31.2. The third-order valence-corrected chi connectivity index (χ3v) is 2.98. The fraction of sp³-hybridized carbons (Fsp3) is 0.571. The van der Waals surface area contributed by atoms with Gasteiger partial charge in [-0.1, -0.05) is 13.0 Å². The number of ether oxygens (including phenoxy) is 1. The lowest BCUT2D eigenvalue weighted by Gasteiger charge is -2.21. The SMILES string of the molecule is CCNC(Cc1ccc(F)c(F)c1)CC(C)OC. The molecule has 0 aromatic heterocycles. The topological polar surface area (TPSA) is 21.3 Å². The maximum atomic E-state index is 13.1. The molecule has 1 aromatic carbocycles. The Morgan fingerprint density at radius 3 is 2.56 bits per heavy atom. The zero-order valence-corrected chi connectivity index (χ0v) is 11.2. The summed E-state index contributed by atoms with van der Waals surface area (Å²) in [6.07, 6.45) is 1.64. The second-order valence-electron chi connectivity index (χ2n) is 4.49. The molecule has 0 heterocycles. The summed E-state index contributed by atoms with van der Waals surface area (Å²) in [5.41, 5.74) is 0.795. The summed E-state index contributed by atoms with van der Waals surface area (Å²) in [5.74, 6) is -1.59. The molecule has 0 spiro atoms. The van der Waals surface area contributed by atoms with Gasteiger partial charge in [0.05, 0.1) is 6.10 Å². The highest BCUT2D eigenvalue weighted by Crippen LogP contribution is 2.13. The first-order valence-corrected chi connectivity index (χ1v) is 6.26. The molecule has 1 aromatic rings. The van der Waals surface area contributed by atoms with Crippen molar-refractivity contribution >= 4 is 0 Å². The van der Waals surface area contributed by atoms with Crippen LogP contribution in [0.1, 0.15) is 25.8 Å². The predicted molar refractivity (Wildman–Crippen MR) is 68.6 cm³/mol. The Labute approximate surface area is 107 Å². The van der Waals surface area contributed by atoms with E-state index < -0.39 is 11.6 Å². The molecular formula is C14H21F2NO. The van der Waals surface area contributed by atoms with Crippen molar-refractivity contribution in [3.63, 3.8) is 0 Å². The number of halogens is 2. The molecule has 0 bridgehead atoms. The first-order chi connectivity index (χ1) is 8.56. The van der Waals surface area contributed by atoms with Gasteiger partial charge in [-0.25, -0.2) is 8.78 Å². The second kappa shape index (κ2) is 7.44. The molecule has 1 N–H and O–H groups in total. The van der Waals surface area contributed by atoms with Gasteiger partial charge in [0.15, 0.2) is 11.6 Å². The third kappa shape index (κ3) is 4.70. The van der Waals surface area contributed by atoms with Crippen LogP contribution in [0.5, 0.6) is 0 Å². The van der Waals surface area contributed by atoms with Crippen LogP contribution < -0.4 is 5.32 Å². The minimum Gasteiger partial charge on any atom is -0.382 e. The molecule has 2 unspecified atom stereocenters. The van der Waals surface area contributed by atoms with Gasteiger partial charge in [0, 0.05) is 13.2 Å². The molecule has 0 radical (unpaired) electrons. The fourth-order valence-electron chi connectivity index (χ4n) is 1.98. The van der Waals surface area contributed by atoms with Crippen molar-refractivity contribution in [1.82, 2.24) is 5.32 Å². The van der Waals surface area contributed by atoms with Gasteiger partial charge < -0.3 is 10.1 Å². The molecule has 0 saturated carbocycles. The van der Waals surface area contributed by atoms with Crippen LogP contribution in [0.2, 0.25) is 0 Å². The van der Waals surface area contributed by atoms with E-state index in [0.717, 1.165) is 18.5 Å². The van der Waals surface area contributed by atoms with Gasteiger partial charge >= 0.3 is 0 Å². The van der Waals surface area contributed by atoms with Gasteiger partial charge in [-0.2, -0.15) is 0 Å². The van der Waals surface area contributed by atoms with Crippen LogP contribution in [-0.2, 0) is 11.2 Å². The molecule has 2 atom stereocenters. The van der Waals surface area contributed by atoms with Crippen molar-refractivity contribution in [2.75, 3.05) is 13.7 Å². The Kier molecular flexibility index (Phi) is 6.22. The molecule has 0 saturated heterocycles. The van der Waals surface area contributed by atoms with Gasteiger partial charge in [-0.05, 0) is 44.0 Å². The summed E-state index contributed by atoms with van der Waals surface area (Å²) in [4.78, 5) is 0. The molecule has 0 amide bonds. The number of nitrogens with one attached hydrogen (secondary N) is 1. The van der Waals surface area contributed by atoms with Crippen molar-refractivity contribution in [1.29, 1.82) is 0 Å². The molecule has 4 heteroatoms. The molecular weight excluding hydrogens is 236 g/mol. The van der Waals surface area contributed by atoms with Crippen molar-refractivity contribution in [3.8, 4) is 0 Å². The Morgan fingerprint density at radius 1 is 1.28 bits per heavy atom. The van der Waals surface area contributed by atoms with Crippen LogP contribution in [0.3, 0.4) is 0 Å². The highest BCUT2D eigenvalue weighted by atomic mass is 19.2. The normalized spacial score (nSPS) is 14.5. The van der Waals surface area contributed by atoms with Gasteiger partial charge in [0.25, 0.3) is 0 Å². The number of benzene rings is 1. The summed E-state index contributed by atoms with van der Waals surface area (Å²) in [7, 11) is 1.67. The van der Waals surface area contributed by atoms with Crippen molar-refractivity contribution in [2.45, 2.75) is 38.8 Å². The first-order valence-electron chi connectivity index (χ1n) is 6.26. The maximum Gasteiger partial charge on any atom is 0.159 e. The fourth-order valence-corrected chi connectivity index (χ4v) is 1.98. The van der Waals surface area contributed by atoms with Gasteiger partial charge in [0.2, 0.25) is 0 Å². The van der Waals surface area contributed by atoms with Crippen LogP contribution >= 0.6 is 0 Å². The van der Waals surface area contributed by atoms with E-state index in [2.05, 4.69) is 5.32 Å². The van der Waals surface area contributed by atoms with Crippen LogP contribution in [0.25, 0.3) is 0 Å². The van der Waals surface area contributed by atoms with Gasteiger partial charge in [-0.3, -0.25) is 0 Å². The van der Waals surface area contributed by atoms with Gasteiger partial charge in [-0.15, -0.1) is 0 Å². The van der Waals surface area contributed by atoms with E-state index in [1.165, 1.54) is 12.1 Å². The monoisotopic (exact) mass is 257 g/mol. The maximum absolute atomic E-state index is 13.1. The highest BCUT2D eigenvalue weighted by molar-refractivity contribution is 5.18. The van der Waals surface area contributed by atoms with Crippen LogP contribution in [0, 0.1) is 11.6 Å². The van der Waals surface area contributed by atoms with Gasteiger partial charge in [0.1, 0.15) is 0 Å². The van der Waals surface area contributed by atoms with Crippen molar-refractivity contribution in [3.05, 3.63) is 35.4 Å². The van der Waals surface area contributed by atoms with E-state index in [1.807, 2.05) is 13.8 Å². The zero-order valence-electron chi connectivity index (χ0n) is 11.2. The quantitative estimate of drug-likeness (QED) is 0.811. The van der Waals surface area contributed by atoms with E-state index in [9.17, 15) is 8.78 Å². The number of hydrogen-bond acceptors (Lipinski definition) is 2. The zero-order chi connectivity index (χ0) is 13.5. The molecule has 102 valence electrons. The van der Waals surface area contributed by atoms with Crippen molar-refractivity contribution in [2.24, 2.45) is 0 Å². The molecule has 18 heavy (non-hydrogen) atoms. The van der Waals surface area contributed by atoms with Crippen LogP contribution in [0.15, 0.2) is 18.2 Å². The lowest BCUT2D eigenvalue weighted by molar-refractivity contribution is 0.101. The van der Waals surface area contributed by atoms with E-state index in [4.69, 9.17) is 4.74 Å². The average molecular weight is 257 g/mol.